The number of aliphatic imine (C=N–C) groups is 1. The number of carbonyl (C=O) groups is 1. The van der Waals surface area contributed by atoms with Gasteiger partial charge in [-0.2, -0.15) is 0 Å². The van der Waals surface area contributed by atoms with Gasteiger partial charge in [0.2, 0.25) is 5.91 Å². The summed E-state index contributed by atoms with van der Waals surface area (Å²) in [6.07, 6.45) is 0. The molecule has 0 fully saturated rings. The fourth-order valence-corrected chi connectivity index (χ4v) is 4.22. The molecule has 128 valence electrons. The summed E-state index contributed by atoms with van der Waals surface area (Å²) < 4.78 is 0.827. The first kappa shape index (κ1) is 17.5. The van der Waals surface area contributed by atoms with Crippen LogP contribution in [0.15, 0.2) is 47.5 Å². The normalized spacial score (nSPS) is 12.9. The van der Waals surface area contributed by atoms with Gasteiger partial charge >= 0.3 is 0 Å². The van der Waals surface area contributed by atoms with Crippen molar-refractivity contribution < 1.29 is 9.72 Å². The molecule has 1 amide bonds. The predicted molar refractivity (Wildman–Crippen MR) is 104 cm³/mol. The van der Waals surface area contributed by atoms with E-state index in [1.165, 1.54) is 23.4 Å². The minimum atomic E-state index is -0.492. The van der Waals surface area contributed by atoms with Gasteiger partial charge in [0.05, 0.1) is 16.4 Å². The van der Waals surface area contributed by atoms with Crippen molar-refractivity contribution in [1.82, 2.24) is 0 Å². The second-order valence-corrected chi connectivity index (χ2v) is 7.54. The summed E-state index contributed by atoms with van der Waals surface area (Å²) in [5.74, 6) is 0.691. The number of hydrogen-bond donors (Lipinski definition) is 1. The van der Waals surface area contributed by atoms with Crippen molar-refractivity contribution in [3.8, 4) is 0 Å². The van der Waals surface area contributed by atoms with E-state index >= 15 is 0 Å². The van der Waals surface area contributed by atoms with Crippen LogP contribution in [0, 0.1) is 17.0 Å². The Kier molecular flexibility index (Phi) is 5.40. The number of aryl methyl sites for hydroxylation is 1. The molecule has 1 N–H and O–H groups in total. The Bertz CT molecular complexity index is 868. The maximum Gasteiger partial charge on any atom is 0.293 e. The quantitative estimate of drug-likeness (QED) is 0.629. The number of carbonyl (C=O) groups excluding carboxylic acids is 1. The third-order valence-electron chi connectivity index (χ3n) is 3.59. The Hall–Kier alpha value is -2.32. The molecule has 8 heteroatoms. The van der Waals surface area contributed by atoms with E-state index in [4.69, 9.17) is 0 Å². The molecule has 0 saturated heterocycles. The number of nitro groups is 1. The summed E-state index contributed by atoms with van der Waals surface area (Å²) in [6, 6.07) is 12.6. The zero-order valence-corrected chi connectivity index (χ0v) is 15.0. The first-order chi connectivity index (χ1) is 12.0. The lowest BCUT2D eigenvalue weighted by Crippen LogP contribution is -2.17. The fourth-order valence-electron chi connectivity index (χ4n) is 2.36. The average Bonchev–Trinajstić information content (AvgIpc) is 2.61. The minimum absolute atomic E-state index is 0.100. The van der Waals surface area contributed by atoms with Gasteiger partial charge in [0.25, 0.3) is 5.69 Å². The lowest BCUT2D eigenvalue weighted by atomic mass is 10.1. The fraction of sp³-hybridized carbons (Fsp3) is 0.176. The summed E-state index contributed by atoms with van der Waals surface area (Å²) in [5.41, 5.74) is 2.92. The Morgan fingerprint density at radius 3 is 2.92 bits per heavy atom. The van der Waals surface area contributed by atoms with E-state index in [1.54, 1.807) is 30.8 Å². The molecule has 0 aromatic heterocycles. The lowest BCUT2D eigenvalue weighted by Gasteiger charge is -2.14. The van der Waals surface area contributed by atoms with E-state index in [2.05, 4.69) is 10.3 Å². The molecule has 0 aliphatic carbocycles. The SMILES string of the molecule is Cc1cccc([N+](=O)[O-])c1NC(=O)CSC1=Nc2ccccc2CS1. The maximum absolute atomic E-state index is 12.2. The molecule has 6 nitrogen and oxygen atoms in total. The van der Waals surface area contributed by atoms with Crippen molar-refractivity contribution >= 4 is 50.9 Å². The number of rotatable bonds is 4. The number of amides is 1. The second kappa shape index (κ2) is 7.71. The monoisotopic (exact) mass is 373 g/mol. The van der Waals surface area contributed by atoms with E-state index in [1.807, 2.05) is 24.3 Å². The third kappa shape index (κ3) is 4.21. The number of thioether (sulfide) groups is 2. The largest absolute Gasteiger partial charge is 0.319 e. The summed E-state index contributed by atoms with van der Waals surface area (Å²) in [4.78, 5) is 27.4. The van der Waals surface area contributed by atoms with Crippen molar-refractivity contribution in [1.29, 1.82) is 0 Å². The third-order valence-corrected chi connectivity index (χ3v) is 5.84. The molecule has 1 heterocycles. The molecular formula is C17H15N3O3S2. The first-order valence-corrected chi connectivity index (χ1v) is 9.48. The number of nitro benzene ring substituents is 1. The highest BCUT2D eigenvalue weighted by atomic mass is 32.2. The molecule has 25 heavy (non-hydrogen) atoms. The van der Waals surface area contributed by atoms with Crippen LogP contribution in [0.1, 0.15) is 11.1 Å². The van der Waals surface area contributed by atoms with E-state index < -0.39 is 4.92 Å². The molecule has 2 aromatic rings. The van der Waals surface area contributed by atoms with Gasteiger partial charge in [0.1, 0.15) is 10.1 Å². The Labute approximate surface area is 153 Å². The Morgan fingerprint density at radius 2 is 2.12 bits per heavy atom. The number of hydrogen-bond acceptors (Lipinski definition) is 6. The van der Waals surface area contributed by atoms with E-state index in [0.29, 0.717) is 5.56 Å². The van der Waals surface area contributed by atoms with Crippen LogP contribution < -0.4 is 5.32 Å². The summed E-state index contributed by atoms with van der Waals surface area (Å²) in [7, 11) is 0. The molecule has 0 atom stereocenters. The van der Waals surface area contributed by atoms with Gasteiger partial charge in [-0.25, -0.2) is 4.99 Å². The van der Waals surface area contributed by atoms with Gasteiger partial charge in [-0.15, -0.1) is 0 Å². The molecule has 0 unspecified atom stereocenters. The van der Waals surface area contributed by atoms with Gasteiger partial charge in [-0.3, -0.25) is 14.9 Å². The summed E-state index contributed by atoms with van der Waals surface area (Å²) in [5, 5.41) is 13.8. The highest BCUT2D eigenvalue weighted by Gasteiger charge is 2.19. The summed E-state index contributed by atoms with van der Waals surface area (Å²) >= 11 is 2.93. The van der Waals surface area contributed by atoms with Gasteiger partial charge < -0.3 is 5.32 Å². The zero-order valence-electron chi connectivity index (χ0n) is 13.4. The predicted octanol–water partition coefficient (Wildman–Crippen LogP) is 4.51. The number of para-hydroxylation sites is 2. The van der Waals surface area contributed by atoms with Gasteiger partial charge in [-0.1, -0.05) is 53.9 Å². The highest BCUT2D eigenvalue weighted by Crippen LogP contribution is 2.34. The van der Waals surface area contributed by atoms with E-state index in [0.717, 1.165) is 15.8 Å². The maximum atomic E-state index is 12.2. The van der Waals surface area contributed by atoms with Crippen LogP contribution in [0.4, 0.5) is 17.1 Å². The van der Waals surface area contributed by atoms with Gasteiger partial charge in [0.15, 0.2) is 0 Å². The van der Waals surface area contributed by atoms with Gasteiger partial charge in [-0.05, 0) is 24.1 Å². The lowest BCUT2D eigenvalue weighted by molar-refractivity contribution is -0.384. The molecule has 0 saturated carbocycles. The van der Waals surface area contributed by atoms with Crippen molar-refractivity contribution in [2.24, 2.45) is 4.99 Å². The van der Waals surface area contributed by atoms with Crippen LogP contribution >= 0.6 is 23.5 Å². The summed E-state index contributed by atoms with van der Waals surface area (Å²) in [6.45, 7) is 1.73. The van der Waals surface area contributed by atoms with Crippen molar-refractivity contribution in [3.63, 3.8) is 0 Å². The van der Waals surface area contributed by atoms with Crippen LogP contribution in [0.2, 0.25) is 0 Å². The Morgan fingerprint density at radius 1 is 1.32 bits per heavy atom. The standard InChI is InChI=1S/C17H15N3O3S2/c1-11-5-4-8-14(20(22)23)16(11)19-15(21)10-25-17-18-13-7-3-2-6-12(13)9-24-17/h2-8H,9-10H2,1H3,(H,19,21). The van der Waals surface area contributed by atoms with Crippen molar-refractivity contribution in [3.05, 3.63) is 63.7 Å². The minimum Gasteiger partial charge on any atom is -0.319 e. The van der Waals surface area contributed by atoms with E-state index in [9.17, 15) is 14.9 Å². The molecule has 1 aliphatic heterocycles. The number of benzene rings is 2. The van der Waals surface area contributed by atoms with Crippen LogP contribution in [-0.4, -0.2) is 21.0 Å². The molecule has 0 radical (unpaired) electrons. The van der Waals surface area contributed by atoms with Crippen LogP contribution in [0.3, 0.4) is 0 Å². The zero-order chi connectivity index (χ0) is 17.8. The van der Waals surface area contributed by atoms with Crippen molar-refractivity contribution in [2.45, 2.75) is 12.7 Å². The molecule has 3 rings (SSSR count). The number of nitrogens with one attached hydrogen (secondary N) is 1. The van der Waals surface area contributed by atoms with E-state index in [-0.39, 0.29) is 23.0 Å². The molecule has 1 aliphatic rings. The molecule has 0 bridgehead atoms. The highest BCUT2D eigenvalue weighted by molar-refractivity contribution is 8.38. The van der Waals surface area contributed by atoms with Crippen LogP contribution in [0.5, 0.6) is 0 Å². The first-order valence-electron chi connectivity index (χ1n) is 7.50. The van der Waals surface area contributed by atoms with Crippen molar-refractivity contribution in [2.75, 3.05) is 11.1 Å². The number of anilines is 1. The van der Waals surface area contributed by atoms with Crippen LogP contribution in [0.25, 0.3) is 0 Å². The second-order valence-electron chi connectivity index (χ2n) is 5.36. The number of fused-ring (bicyclic) bond motifs is 1. The topological polar surface area (TPSA) is 84.6 Å². The molecular weight excluding hydrogens is 358 g/mol. The Balaban J connectivity index is 1.65. The molecule has 0 spiro atoms. The molecule has 2 aromatic carbocycles. The van der Waals surface area contributed by atoms with Gasteiger partial charge in [0, 0.05) is 11.8 Å². The average molecular weight is 373 g/mol. The number of nitrogens with zero attached hydrogens (tertiary/aromatic N) is 2. The van der Waals surface area contributed by atoms with Crippen LogP contribution in [-0.2, 0) is 10.5 Å². The smallest absolute Gasteiger partial charge is 0.293 e.